The summed E-state index contributed by atoms with van der Waals surface area (Å²) in [5.41, 5.74) is 0. The molecule has 75 valence electrons. The molecule has 0 N–H and O–H groups in total. The summed E-state index contributed by atoms with van der Waals surface area (Å²) < 4.78 is 5.34. The van der Waals surface area contributed by atoms with Gasteiger partial charge in [0, 0.05) is 19.6 Å². The first kappa shape index (κ1) is 9.47. The molecular formula is C11H20NO. The van der Waals surface area contributed by atoms with Gasteiger partial charge in [-0.05, 0) is 38.0 Å². The van der Waals surface area contributed by atoms with E-state index in [0.717, 1.165) is 32.2 Å². The van der Waals surface area contributed by atoms with Gasteiger partial charge in [0.2, 0.25) is 0 Å². The van der Waals surface area contributed by atoms with Crippen molar-refractivity contribution in [3.63, 3.8) is 0 Å². The highest BCUT2D eigenvalue weighted by Crippen LogP contribution is 2.23. The third-order valence-electron chi connectivity index (χ3n) is 3.18. The Morgan fingerprint density at radius 1 is 1.15 bits per heavy atom. The Kier molecular flexibility index (Phi) is 3.62. The highest BCUT2D eigenvalue weighted by molar-refractivity contribution is 4.79. The lowest BCUT2D eigenvalue weighted by Gasteiger charge is -2.31. The summed E-state index contributed by atoms with van der Waals surface area (Å²) in [6.07, 6.45) is 7.95. The Bertz CT molecular complexity index is 121. The molecule has 1 saturated heterocycles. The summed E-state index contributed by atoms with van der Waals surface area (Å²) in [4.78, 5) is 2.57. The van der Waals surface area contributed by atoms with Gasteiger partial charge in [0.05, 0.1) is 13.2 Å². The Hall–Kier alpha value is -0.0800. The van der Waals surface area contributed by atoms with Crippen molar-refractivity contribution in [3.8, 4) is 0 Å². The maximum absolute atomic E-state index is 5.34. The number of rotatable bonds is 2. The van der Waals surface area contributed by atoms with E-state index in [1.165, 1.54) is 32.2 Å². The Labute approximate surface area is 81.3 Å². The van der Waals surface area contributed by atoms with Crippen LogP contribution >= 0.6 is 0 Å². The first-order valence-electron chi connectivity index (χ1n) is 5.57. The molecule has 1 aliphatic carbocycles. The SMILES string of the molecule is [CH]1CCC(CN2CCOCC2)CC1. The predicted octanol–water partition coefficient (Wildman–Crippen LogP) is 1.71. The fourth-order valence-corrected chi connectivity index (χ4v) is 2.33. The molecule has 0 aromatic carbocycles. The van der Waals surface area contributed by atoms with Crippen LogP contribution in [0.5, 0.6) is 0 Å². The van der Waals surface area contributed by atoms with Crippen molar-refractivity contribution >= 4 is 0 Å². The number of hydrogen-bond acceptors (Lipinski definition) is 2. The number of morpholine rings is 1. The van der Waals surface area contributed by atoms with E-state index >= 15 is 0 Å². The summed E-state index contributed by atoms with van der Waals surface area (Å²) in [5, 5.41) is 0. The van der Waals surface area contributed by atoms with E-state index in [1.807, 2.05) is 0 Å². The lowest BCUT2D eigenvalue weighted by molar-refractivity contribution is 0.0286. The van der Waals surface area contributed by atoms with Gasteiger partial charge in [0.1, 0.15) is 0 Å². The highest BCUT2D eigenvalue weighted by atomic mass is 16.5. The van der Waals surface area contributed by atoms with Crippen LogP contribution < -0.4 is 0 Å². The van der Waals surface area contributed by atoms with Crippen LogP contribution in [-0.2, 0) is 4.74 Å². The van der Waals surface area contributed by atoms with Crippen LogP contribution in [0.1, 0.15) is 25.7 Å². The average molecular weight is 182 g/mol. The minimum atomic E-state index is 0.943. The molecule has 0 aromatic heterocycles. The molecule has 0 bridgehead atoms. The van der Waals surface area contributed by atoms with Gasteiger partial charge in [-0.15, -0.1) is 0 Å². The minimum absolute atomic E-state index is 0.943. The molecule has 2 heteroatoms. The topological polar surface area (TPSA) is 12.5 Å². The molecule has 1 radical (unpaired) electrons. The van der Waals surface area contributed by atoms with Crippen molar-refractivity contribution < 1.29 is 4.74 Å². The van der Waals surface area contributed by atoms with Crippen molar-refractivity contribution in [1.82, 2.24) is 4.90 Å². The van der Waals surface area contributed by atoms with Crippen molar-refractivity contribution in [2.75, 3.05) is 32.8 Å². The van der Waals surface area contributed by atoms with E-state index < -0.39 is 0 Å². The van der Waals surface area contributed by atoms with E-state index in [4.69, 9.17) is 4.74 Å². The van der Waals surface area contributed by atoms with Gasteiger partial charge in [-0.2, -0.15) is 0 Å². The largest absolute Gasteiger partial charge is 0.379 e. The second-order valence-corrected chi connectivity index (χ2v) is 4.22. The molecule has 2 fully saturated rings. The zero-order valence-electron chi connectivity index (χ0n) is 8.37. The van der Waals surface area contributed by atoms with E-state index in [9.17, 15) is 0 Å². The van der Waals surface area contributed by atoms with Crippen LogP contribution in [0.4, 0.5) is 0 Å². The third kappa shape index (κ3) is 2.96. The van der Waals surface area contributed by atoms with Gasteiger partial charge in [-0.3, -0.25) is 4.90 Å². The van der Waals surface area contributed by atoms with E-state index in [1.54, 1.807) is 0 Å². The van der Waals surface area contributed by atoms with Crippen molar-refractivity contribution in [2.24, 2.45) is 5.92 Å². The van der Waals surface area contributed by atoms with Crippen LogP contribution in [0.25, 0.3) is 0 Å². The zero-order chi connectivity index (χ0) is 8.93. The van der Waals surface area contributed by atoms with Crippen LogP contribution in [0.2, 0.25) is 0 Å². The second kappa shape index (κ2) is 4.97. The van der Waals surface area contributed by atoms with Gasteiger partial charge in [-0.25, -0.2) is 0 Å². The maximum atomic E-state index is 5.34. The van der Waals surface area contributed by atoms with Gasteiger partial charge in [-0.1, -0.05) is 0 Å². The van der Waals surface area contributed by atoms with E-state index in [-0.39, 0.29) is 0 Å². The molecule has 1 saturated carbocycles. The van der Waals surface area contributed by atoms with Gasteiger partial charge < -0.3 is 4.74 Å². The fraction of sp³-hybridized carbons (Fsp3) is 0.909. The first-order valence-corrected chi connectivity index (χ1v) is 5.57. The molecule has 1 aliphatic heterocycles. The summed E-state index contributed by atoms with van der Waals surface area (Å²) in [5.74, 6) is 0.961. The number of ether oxygens (including phenoxy) is 1. The van der Waals surface area contributed by atoms with Crippen LogP contribution in [0, 0.1) is 12.3 Å². The number of nitrogens with zero attached hydrogens (tertiary/aromatic N) is 1. The monoisotopic (exact) mass is 182 g/mol. The Morgan fingerprint density at radius 3 is 2.54 bits per heavy atom. The quantitative estimate of drug-likeness (QED) is 0.644. The molecule has 2 aliphatic rings. The summed E-state index contributed by atoms with van der Waals surface area (Å²) >= 11 is 0. The Balaban J connectivity index is 1.69. The first-order chi connectivity index (χ1) is 6.45. The van der Waals surface area contributed by atoms with Gasteiger partial charge in [0.25, 0.3) is 0 Å². The third-order valence-corrected chi connectivity index (χ3v) is 3.18. The van der Waals surface area contributed by atoms with E-state index in [0.29, 0.717) is 0 Å². The summed E-state index contributed by atoms with van der Waals surface area (Å²) in [6.45, 7) is 5.51. The maximum Gasteiger partial charge on any atom is 0.0594 e. The molecule has 2 rings (SSSR count). The standard InChI is InChI=1S/C11H20NO/c1-2-4-11(5-3-1)10-12-6-8-13-9-7-12/h1,11H,2-10H2. The molecule has 0 unspecified atom stereocenters. The molecule has 0 aromatic rings. The highest BCUT2D eigenvalue weighted by Gasteiger charge is 2.18. The summed E-state index contributed by atoms with van der Waals surface area (Å²) in [7, 11) is 0. The fourth-order valence-electron chi connectivity index (χ4n) is 2.33. The molecular weight excluding hydrogens is 162 g/mol. The summed E-state index contributed by atoms with van der Waals surface area (Å²) in [6, 6.07) is 0. The van der Waals surface area contributed by atoms with Gasteiger partial charge in [0.15, 0.2) is 0 Å². The second-order valence-electron chi connectivity index (χ2n) is 4.22. The smallest absolute Gasteiger partial charge is 0.0594 e. The van der Waals surface area contributed by atoms with Crippen LogP contribution in [-0.4, -0.2) is 37.7 Å². The lowest BCUT2D eigenvalue weighted by Crippen LogP contribution is -2.39. The van der Waals surface area contributed by atoms with Crippen molar-refractivity contribution in [3.05, 3.63) is 6.42 Å². The Morgan fingerprint density at radius 2 is 1.85 bits per heavy atom. The molecule has 2 nitrogen and oxygen atoms in total. The van der Waals surface area contributed by atoms with E-state index in [2.05, 4.69) is 11.3 Å². The average Bonchev–Trinajstić information content (AvgIpc) is 2.21. The predicted molar refractivity (Wildman–Crippen MR) is 53.5 cm³/mol. The molecule has 0 atom stereocenters. The molecule has 0 spiro atoms. The number of hydrogen-bond donors (Lipinski definition) is 0. The lowest BCUT2D eigenvalue weighted by atomic mass is 9.89. The molecule has 13 heavy (non-hydrogen) atoms. The minimum Gasteiger partial charge on any atom is -0.379 e. The van der Waals surface area contributed by atoms with Crippen molar-refractivity contribution in [1.29, 1.82) is 0 Å². The van der Waals surface area contributed by atoms with Crippen LogP contribution in [0.3, 0.4) is 0 Å². The zero-order valence-corrected chi connectivity index (χ0v) is 8.37. The molecule has 0 amide bonds. The molecule has 1 heterocycles. The van der Waals surface area contributed by atoms with Crippen molar-refractivity contribution in [2.45, 2.75) is 25.7 Å². The van der Waals surface area contributed by atoms with Crippen LogP contribution in [0.15, 0.2) is 0 Å². The normalized spacial score (nSPS) is 27.7. The van der Waals surface area contributed by atoms with Gasteiger partial charge >= 0.3 is 0 Å².